The third-order valence-electron chi connectivity index (χ3n) is 3.65. The van der Waals surface area contributed by atoms with Gasteiger partial charge in [-0.1, -0.05) is 53.5 Å². The molecule has 0 saturated carbocycles. The molecule has 0 bridgehead atoms. The summed E-state index contributed by atoms with van der Waals surface area (Å²) in [7, 11) is 2.09. The summed E-state index contributed by atoms with van der Waals surface area (Å²) >= 11 is 12.3. The van der Waals surface area contributed by atoms with Crippen LogP contribution >= 0.6 is 23.2 Å². The Morgan fingerprint density at radius 1 is 1.04 bits per heavy atom. The minimum absolute atomic E-state index is 0.619. The fraction of sp³-hybridized carbons (Fsp3) is 0.167. The highest BCUT2D eigenvalue weighted by molar-refractivity contribution is 6.36. The molecule has 0 aliphatic rings. The quantitative estimate of drug-likeness (QED) is 0.704. The van der Waals surface area contributed by atoms with Crippen LogP contribution in [0.3, 0.4) is 0 Å². The second kappa shape index (κ2) is 7.18. The second-order valence-corrected chi connectivity index (χ2v) is 6.40. The van der Waals surface area contributed by atoms with E-state index in [2.05, 4.69) is 46.4 Å². The van der Waals surface area contributed by atoms with Gasteiger partial charge in [0.2, 0.25) is 0 Å². The Balaban J connectivity index is 1.78. The van der Waals surface area contributed by atoms with Crippen LogP contribution in [0.25, 0.3) is 11.3 Å². The predicted molar refractivity (Wildman–Crippen MR) is 95.7 cm³/mol. The molecule has 2 aromatic carbocycles. The largest absolute Gasteiger partial charge is 0.298 e. The van der Waals surface area contributed by atoms with Crippen molar-refractivity contribution >= 4 is 23.2 Å². The number of H-pyrrole nitrogens is 1. The van der Waals surface area contributed by atoms with Crippen molar-refractivity contribution in [3.63, 3.8) is 0 Å². The van der Waals surface area contributed by atoms with Gasteiger partial charge < -0.3 is 0 Å². The van der Waals surface area contributed by atoms with Gasteiger partial charge in [0.25, 0.3) is 0 Å². The van der Waals surface area contributed by atoms with Gasteiger partial charge in [0.1, 0.15) is 0 Å². The van der Waals surface area contributed by atoms with Crippen molar-refractivity contribution in [2.75, 3.05) is 7.05 Å². The van der Waals surface area contributed by atoms with E-state index in [1.54, 1.807) is 6.07 Å². The summed E-state index contributed by atoms with van der Waals surface area (Å²) in [5.74, 6) is 0. The summed E-state index contributed by atoms with van der Waals surface area (Å²) in [5.41, 5.74) is 4.24. The molecule has 3 nitrogen and oxygen atoms in total. The zero-order valence-corrected chi connectivity index (χ0v) is 14.3. The first kappa shape index (κ1) is 16.1. The van der Waals surface area contributed by atoms with Crippen molar-refractivity contribution in [2.24, 2.45) is 0 Å². The maximum atomic E-state index is 6.31. The zero-order chi connectivity index (χ0) is 16.2. The van der Waals surface area contributed by atoms with Crippen LogP contribution in [0.2, 0.25) is 10.0 Å². The van der Waals surface area contributed by atoms with Crippen molar-refractivity contribution < 1.29 is 0 Å². The first-order valence-electron chi connectivity index (χ1n) is 7.33. The number of benzene rings is 2. The first-order valence-corrected chi connectivity index (χ1v) is 8.09. The van der Waals surface area contributed by atoms with E-state index >= 15 is 0 Å². The van der Waals surface area contributed by atoms with Gasteiger partial charge in [-0.15, -0.1) is 0 Å². The Morgan fingerprint density at radius 2 is 1.83 bits per heavy atom. The van der Waals surface area contributed by atoms with Crippen molar-refractivity contribution in [3.8, 4) is 11.3 Å². The highest BCUT2D eigenvalue weighted by atomic mass is 35.5. The standard InChI is InChI=1S/C18H17Cl2N3/c1-23(11-13-5-3-2-4-6-13)12-14-10-21-22-18(14)16-8-7-15(19)9-17(16)20/h2-10H,11-12H2,1H3,(H,21,22). The average molecular weight is 346 g/mol. The number of aromatic nitrogens is 2. The normalized spacial score (nSPS) is 11.1. The number of halogens is 2. The predicted octanol–water partition coefficient (Wildman–Crippen LogP) is 5.02. The van der Waals surface area contributed by atoms with Crippen LogP contribution in [0.15, 0.2) is 54.7 Å². The zero-order valence-electron chi connectivity index (χ0n) is 12.8. The molecule has 23 heavy (non-hydrogen) atoms. The maximum Gasteiger partial charge on any atom is 0.0710 e. The molecular weight excluding hydrogens is 329 g/mol. The summed E-state index contributed by atoms with van der Waals surface area (Å²) in [6.45, 7) is 1.65. The van der Waals surface area contributed by atoms with Crippen LogP contribution in [0, 0.1) is 0 Å². The summed E-state index contributed by atoms with van der Waals surface area (Å²) in [6.07, 6.45) is 1.85. The molecule has 1 heterocycles. The van der Waals surface area contributed by atoms with Crippen LogP contribution in [0.1, 0.15) is 11.1 Å². The molecule has 3 rings (SSSR count). The Kier molecular flexibility index (Phi) is 5.01. The molecule has 1 N–H and O–H groups in total. The SMILES string of the molecule is CN(Cc1ccccc1)Cc1cn[nH]c1-c1ccc(Cl)cc1Cl. The van der Waals surface area contributed by atoms with Gasteiger partial charge in [0.05, 0.1) is 16.9 Å². The fourth-order valence-corrected chi connectivity index (χ4v) is 3.10. The molecule has 3 aromatic rings. The molecule has 0 fully saturated rings. The van der Waals surface area contributed by atoms with Crippen LogP contribution in [0.4, 0.5) is 0 Å². The van der Waals surface area contributed by atoms with Crippen LogP contribution < -0.4 is 0 Å². The Labute approximate surface area is 145 Å². The summed E-state index contributed by atoms with van der Waals surface area (Å²) in [5, 5.41) is 8.47. The van der Waals surface area contributed by atoms with Crippen molar-refractivity contribution in [2.45, 2.75) is 13.1 Å². The van der Waals surface area contributed by atoms with Crippen molar-refractivity contribution in [3.05, 3.63) is 75.9 Å². The number of aromatic amines is 1. The van der Waals surface area contributed by atoms with E-state index in [1.165, 1.54) is 5.56 Å². The molecule has 0 saturated heterocycles. The van der Waals surface area contributed by atoms with Crippen molar-refractivity contribution in [1.29, 1.82) is 0 Å². The van der Waals surface area contributed by atoms with E-state index in [-0.39, 0.29) is 0 Å². The van der Waals surface area contributed by atoms with E-state index in [4.69, 9.17) is 23.2 Å². The lowest BCUT2D eigenvalue weighted by atomic mass is 10.1. The number of rotatable bonds is 5. The molecule has 118 valence electrons. The van der Waals surface area contributed by atoms with Crippen LogP contribution in [-0.2, 0) is 13.1 Å². The van der Waals surface area contributed by atoms with E-state index in [1.807, 2.05) is 24.4 Å². The lowest BCUT2D eigenvalue weighted by Gasteiger charge is -2.17. The summed E-state index contributed by atoms with van der Waals surface area (Å²) < 4.78 is 0. The summed E-state index contributed by atoms with van der Waals surface area (Å²) in [6, 6.07) is 15.9. The molecule has 5 heteroatoms. The first-order chi connectivity index (χ1) is 11.1. The molecule has 0 radical (unpaired) electrons. The van der Waals surface area contributed by atoms with E-state index in [0.29, 0.717) is 10.0 Å². The van der Waals surface area contributed by atoms with E-state index in [9.17, 15) is 0 Å². The molecule has 0 amide bonds. The van der Waals surface area contributed by atoms with Gasteiger partial charge in [-0.05, 0) is 30.8 Å². The van der Waals surface area contributed by atoms with Crippen LogP contribution in [-0.4, -0.2) is 22.1 Å². The lowest BCUT2D eigenvalue weighted by molar-refractivity contribution is 0.319. The van der Waals surface area contributed by atoms with Gasteiger partial charge in [0.15, 0.2) is 0 Å². The number of hydrogen-bond donors (Lipinski definition) is 1. The molecule has 0 aliphatic carbocycles. The van der Waals surface area contributed by atoms with Crippen LogP contribution in [0.5, 0.6) is 0 Å². The smallest absolute Gasteiger partial charge is 0.0710 e. The number of nitrogens with zero attached hydrogens (tertiary/aromatic N) is 2. The third-order valence-corrected chi connectivity index (χ3v) is 4.20. The van der Waals surface area contributed by atoms with Crippen molar-refractivity contribution in [1.82, 2.24) is 15.1 Å². The molecular formula is C18H17Cl2N3. The van der Waals surface area contributed by atoms with Gasteiger partial charge in [-0.3, -0.25) is 10.00 Å². The lowest BCUT2D eigenvalue weighted by Crippen LogP contribution is -2.17. The Bertz CT molecular complexity index is 784. The number of nitrogens with one attached hydrogen (secondary N) is 1. The minimum Gasteiger partial charge on any atom is -0.298 e. The topological polar surface area (TPSA) is 31.9 Å². The monoisotopic (exact) mass is 345 g/mol. The molecule has 0 atom stereocenters. The van der Waals surface area contributed by atoms with E-state index < -0.39 is 0 Å². The second-order valence-electron chi connectivity index (χ2n) is 5.55. The minimum atomic E-state index is 0.619. The van der Waals surface area contributed by atoms with Gasteiger partial charge >= 0.3 is 0 Å². The fourth-order valence-electron chi connectivity index (χ4n) is 2.60. The molecule has 0 aliphatic heterocycles. The average Bonchev–Trinajstić information content (AvgIpc) is 2.96. The molecule has 0 spiro atoms. The molecule has 1 aromatic heterocycles. The Morgan fingerprint density at radius 3 is 2.57 bits per heavy atom. The van der Waals surface area contributed by atoms with Gasteiger partial charge in [-0.25, -0.2) is 0 Å². The summed E-state index contributed by atoms with van der Waals surface area (Å²) in [4.78, 5) is 2.24. The van der Waals surface area contributed by atoms with E-state index in [0.717, 1.165) is 29.9 Å². The highest BCUT2D eigenvalue weighted by Gasteiger charge is 2.13. The Hall–Kier alpha value is -1.81. The van der Waals surface area contributed by atoms with Gasteiger partial charge in [-0.2, -0.15) is 5.10 Å². The maximum absolute atomic E-state index is 6.31. The molecule has 0 unspecified atom stereocenters. The number of hydrogen-bond acceptors (Lipinski definition) is 2. The highest BCUT2D eigenvalue weighted by Crippen LogP contribution is 2.31. The third kappa shape index (κ3) is 3.94. The van der Waals surface area contributed by atoms with Gasteiger partial charge in [0, 0.05) is 29.2 Å².